The number of likely N-dealkylation sites (tertiary alicyclic amines) is 3. The largest absolute Gasteiger partial charge is 0.378 e. The second-order valence-corrected chi connectivity index (χ2v) is 23.3. The number of carbonyl (C=O) groups excluding carboxylic acids is 2. The lowest BCUT2D eigenvalue weighted by molar-refractivity contribution is -0.143. The standard InChI is InChI=1S/C26H41FN4O2S.C25H37F2N3O3S.2C2H6/c1-29(2)34-28-24-13-15-31(26(32)25-8-5-14-30(25)3)17-21(24)18-33-23-11-9-19(10-12-23)20-6-4-7-22(27)16-20;1-29(2)34(32)28-24-10-11-30(25(31)19-13-22(27)14-19)15-20(24)16-33-23-8-6-17(7-9-23)18-4-3-5-21(26)12-18;2*1-2/h4,6-7,16,19,21,23-25,28H,5,8-15,17-18H2,1-3H3;3-5,12,17,19-20,22-24,28H,6-11,13-16H2,1-2H3;2*1-2H3/t19?,21-,23?,24-,25?;17?,19?,20-,22?,23?,24-,34?;;/m00../s1. The first kappa shape index (κ1) is 60.3. The van der Waals surface area contributed by atoms with Crippen molar-refractivity contribution in [2.45, 2.75) is 166 Å². The van der Waals surface area contributed by atoms with Crippen LogP contribution in [-0.2, 0) is 30.2 Å². The maximum atomic E-state index is 13.6. The summed E-state index contributed by atoms with van der Waals surface area (Å²) in [6, 6.07) is 14.3. The highest BCUT2D eigenvalue weighted by Gasteiger charge is 2.41. The van der Waals surface area contributed by atoms with E-state index in [1.165, 1.54) is 12.1 Å². The number of carbonyl (C=O) groups is 2. The van der Waals surface area contributed by atoms with E-state index >= 15 is 0 Å². The molecule has 2 N–H and O–H groups in total. The van der Waals surface area contributed by atoms with E-state index in [4.69, 9.17) is 9.47 Å². The summed E-state index contributed by atoms with van der Waals surface area (Å²) in [5.74, 6) is 0.873. The fraction of sp³-hybridized carbons (Fsp3) is 0.745. The second-order valence-electron chi connectivity index (χ2n) is 20.7. The predicted octanol–water partition coefficient (Wildman–Crippen LogP) is 9.51. The van der Waals surface area contributed by atoms with Crippen LogP contribution in [0.25, 0.3) is 0 Å². The van der Waals surface area contributed by atoms with Crippen LogP contribution in [0.15, 0.2) is 48.5 Å². The van der Waals surface area contributed by atoms with Gasteiger partial charge in [-0.3, -0.25) is 14.5 Å². The Morgan fingerprint density at radius 2 is 1.18 bits per heavy atom. The molecule has 0 spiro atoms. The number of nitrogens with one attached hydrogen (secondary N) is 2. The van der Waals surface area contributed by atoms with Gasteiger partial charge in [0.15, 0.2) is 11.2 Å². The van der Waals surface area contributed by atoms with Gasteiger partial charge in [0.2, 0.25) is 11.8 Å². The summed E-state index contributed by atoms with van der Waals surface area (Å²) in [5, 5.41) is 0. The summed E-state index contributed by atoms with van der Waals surface area (Å²) >= 11 is 0.315. The van der Waals surface area contributed by atoms with E-state index < -0.39 is 17.3 Å². The van der Waals surface area contributed by atoms with Crippen LogP contribution >= 0.6 is 12.1 Å². The Balaban J connectivity index is 0.000000250. The maximum absolute atomic E-state index is 13.6. The van der Waals surface area contributed by atoms with E-state index in [1.54, 1.807) is 48.7 Å². The van der Waals surface area contributed by atoms with Gasteiger partial charge in [0, 0.05) is 82.2 Å². The summed E-state index contributed by atoms with van der Waals surface area (Å²) in [6.07, 6.45) is 11.8. The third-order valence-corrected chi connectivity index (χ3v) is 17.3. The van der Waals surface area contributed by atoms with E-state index in [1.807, 2.05) is 64.9 Å². The molecular formula is C55H90F3N7O5S2. The van der Waals surface area contributed by atoms with E-state index in [0.717, 1.165) is 101 Å². The summed E-state index contributed by atoms with van der Waals surface area (Å²) < 4.78 is 76.2. The molecule has 6 atom stereocenters. The van der Waals surface area contributed by atoms with Gasteiger partial charge in [0.05, 0.1) is 31.5 Å². The minimum Gasteiger partial charge on any atom is -0.378 e. The predicted molar refractivity (Wildman–Crippen MR) is 287 cm³/mol. The van der Waals surface area contributed by atoms with Crippen LogP contribution in [0.4, 0.5) is 13.2 Å². The van der Waals surface area contributed by atoms with Crippen molar-refractivity contribution in [3.05, 3.63) is 71.3 Å². The zero-order valence-electron chi connectivity index (χ0n) is 45.0. The van der Waals surface area contributed by atoms with Crippen molar-refractivity contribution in [2.24, 2.45) is 17.8 Å². The van der Waals surface area contributed by atoms with Crippen molar-refractivity contribution >= 4 is 35.1 Å². The number of likely N-dealkylation sites (N-methyl/N-ethyl adjacent to an activating group) is 1. The molecule has 2 amide bonds. The summed E-state index contributed by atoms with van der Waals surface area (Å²) in [7, 11) is 9.66. The van der Waals surface area contributed by atoms with E-state index in [-0.39, 0.29) is 59.6 Å². The van der Waals surface area contributed by atoms with Gasteiger partial charge in [-0.05, 0) is 165 Å². The van der Waals surface area contributed by atoms with Gasteiger partial charge in [-0.2, -0.15) is 0 Å². The first-order valence-electron chi connectivity index (χ1n) is 27.3. The number of hydrogen-bond donors (Lipinski definition) is 2. The van der Waals surface area contributed by atoms with Crippen LogP contribution < -0.4 is 9.44 Å². The van der Waals surface area contributed by atoms with Gasteiger partial charge in [0.1, 0.15) is 17.8 Å². The number of rotatable bonds is 16. The average molecular weight is 1050 g/mol. The molecule has 3 aliphatic heterocycles. The van der Waals surface area contributed by atoms with E-state index in [2.05, 4.69) is 30.6 Å². The molecule has 2 aromatic carbocycles. The number of alkyl halides is 1. The van der Waals surface area contributed by atoms with Crippen molar-refractivity contribution in [1.82, 2.24) is 32.8 Å². The van der Waals surface area contributed by atoms with Gasteiger partial charge >= 0.3 is 0 Å². The highest BCUT2D eigenvalue weighted by Crippen LogP contribution is 2.37. The van der Waals surface area contributed by atoms with Crippen LogP contribution in [0, 0.1) is 29.4 Å². The second kappa shape index (κ2) is 30.8. The zero-order valence-corrected chi connectivity index (χ0v) is 46.7. The molecule has 0 radical (unpaired) electrons. The number of halogens is 3. The van der Waals surface area contributed by atoms with Crippen molar-refractivity contribution in [3.8, 4) is 0 Å². The quantitative estimate of drug-likeness (QED) is 0.159. The minimum absolute atomic E-state index is 0.0174. The van der Waals surface area contributed by atoms with Crippen LogP contribution in [-0.4, -0.2) is 157 Å². The smallest absolute Gasteiger partial charge is 0.239 e. The lowest BCUT2D eigenvalue weighted by Crippen LogP contribution is -2.56. The maximum Gasteiger partial charge on any atom is 0.239 e. The molecule has 2 aromatic rings. The Kier molecular flexibility index (Phi) is 25.8. The van der Waals surface area contributed by atoms with Gasteiger partial charge in [0.25, 0.3) is 0 Å². The molecule has 3 saturated carbocycles. The molecule has 0 aromatic heterocycles. The van der Waals surface area contributed by atoms with Crippen molar-refractivity contribution in [1.29, 1.82) is 0 Å². The number of piperidine rings is 2. The normalized spacial score (nSPS) is 30.2. The lowest BCUT2D eigenvalue weighted by atomic mass is 9.81. The molecule has 6 aliphatic rings. The Hall–Kier alpha value is -2.61. The molecule has 0 bridgehead atoms. The fourth-order valence-corrected chi connectivity index (χ4v) is 12.6. The summed E-state index contributed by atoms with van der Waals surface area (Å²) in [4.78, 5) is 32.2. The minimum atomic E-state index is -1.31. The Labute approximate surface area is 438 Å². The zero-order chi connectivity index (χ0) is 52.3. The molecule has 72 heavy (non-hydrogen) atoms. The third-order valence-electron chi connectivity index (χ3n) is 15.4. The summed E-state index contributed by atoms with van der Waals surface area (Å²) in [6.45, 7) is 12.9. The molecule has 8 rings (SSSR count). The molecule has 408 valence electrons. The summed E-state index contributed by atoms with van der Waals surface area (Å²) in [5.41, 5.74) is 2.17. The molecule has 3 heterocycles. The van der Waals surface area contributed by atoms with Crippen molar-refractivity contribution < 1.29 is 36.4 Å². The van der Waals surface area contributed by atoms with E-state index in [0.29, 0.717) is 69.4 Å². The lowest BCUT2D eigenvalue weighted by Gasteiger charge is -2.42. The number of nitrogens with zero attached hydrogens (tertiary/aromatic N) is 5. The first-order chi connectivity index (χ1) is 34.7. The average Bonchev–Trinajstić information content (AvgIpc) is 3.82. The van der Waals surface area contributed by atoms with Gasteiger partial charge in [-0.1, -0.05) is 52.0 Å². The van der Waals surface area contributed by atoms with E-state index in [9.17, 15) is 27.0 Å². The molecule has 2 unspecified atom stereocenters. The fourth-order valence-electron chi connectivity index (χ4n) is 11.1. The van der Waals surface area contributed by atoms with Crippen LogP contribution in [0.5, 0.6) is 0 Å². The topological polar surface area (TPSA) is 110 Å². The van der Waals surface area contributed by atoms with Crippen LogP contribution in [0.3, 0.4) is 0 Å². The number of amides is 2. The molecule has 6 fully saturated rings. The monoisotopic (exact) mass is 1050 g/mol. The Morgan fingerprint density at radius 3 is 1.62 bits per heavy atom. The highest BCUT2D eigenvalue weighted by molar-refractivity contribution is 7.95. The Morgan fingerprint density at radius 1 is 0.694 bits per heavy atom. The highest BCUT2D eigenvalue weighted by atomic mass is 32.2. The van der Waals surface area contributed by atoms with Gasteiger partial charge < -0.3 is 19.3 Å². The first-order valence-corrected chi connectivity index (χ1v) is 29.2. The SMILES string of the molecule is CC.CC.CN(C)S(=O)N[C@H]1CCN(C(=O)C2CC(F)C2)C[C@H]1COC1CCC(c2cccc(F)c2)CC1.CN(C)SN[C@H]1CCN(C(=O)C2CCCN2C)C[C@H]1COC1CCC(c2cccc(F)c2)CC1. The van der Waals surface area contributed by atoms with Gasteiger partial charge in [-0.25, -0.2) is 35.4 Å². The van der Waals surface area contributed by atoms with Crippen molar-refractivity contribution in [3.63, 3.8) is 0 Å². The number of benzene rings is 2. The molecule has 12 nitrogen and oxygen atoms in total. The Bertz CT molecular complexity index is 1940. The van der Waals surface area contributed by atoms with Crippen LogP contribution in [0.2, 0.25) is 0 Å². The molecule has 3 saturated heterocycles. The molecule has 3 aliphatic carbocycles. The molecular weight excluding hydrogens is 960 g/mol. The van der Waals surface area contributed by atoms with Crippen LogP contribution in [0.1, 0.15) is 141 Å². The van der Waals surface area contributed by atoms with Gasteiger partial charge in [-0.15, -0.1) is 0 Å². The number of ether oxygens (including phenoxy) is 2. The molecule has 17 heteroatoms. The van der Waals surface area contributed by atoms with Crippen molar-refractivity contribution in [2.75, 3.05) is 81.2 Å². The third kappa shape index (κ3) is 18.0. The number of hydrogen-bond acceptors (Lipinski definition) is 9.